The van der Waals surface area contributed by atoms with Crippen LogP contribution in [0.1, 0.15) is 41.9 Å². The van der Waals surface area contributed by atoms with Gasteiger partial charge in [-0.2, -0.15) is 0 Å². The molecular formula is C29H30ClN3O2. The standard InChI is InChI=1S/C29H30ClN3O2/c1-20-18-24(19-21(2)28(20)30)35-17-9-16-33-26-13-8-7-12-25(26)32-29(33)22(3)31-27(34)15-14-23-10-5-4-6-11-23/h4-8,10-15,18-19,22H,9,16-17H2,1-3H3,(H,31,34)/b15-14-. The van der Waals surface area contributed by atoms with Gasteiger partial charge in [0.25, 0.3) is 0 Å². The quantitative estimate of drug-likeness (QED) is 0.212. The van der Waals surface area contributed by atoms with Crippen molar-refractivity contribution in [2.45, 2.75) is 39.8 Å². The highest BCUT2D eigenvalue weighted by atomic mass is 35.5. The Balaban J connectivity index is 1.43. The van der Waals surface area contributed by atoms with E-state index in [0.29, 0.717) is 6.61 Å². The largest absolute Gasteiger partial charge is 0.494 e. The molecule has 0 aliphatic rings. The zero-order valence-corrected chi connectivity index (χ0v) is 21.0. The molecule has 0 bridgehead atoms. The predicted molar refractivity (Wildman–Crippen MR) is 143 cm³/mol. The van der Waals surface area contributed by atoms with E-state index in [9.17, 15) is 4.79 Å². The second kappa shape index (κ2) is 11.2. The summed E-state index contributed by atoms with van der Waals surface area (Å²) in [7, 11) is 0. The fraction of sp³-hybridized carbons (Fsp3) is 0.241. The minimum Gasteiger partial charge on any atom is -0.494 e. The van der Waals surface area contributed by atoms with Crippen LogP contribution in [0.15, 0.2) is 72.8 Å². The maximum absolute atomic E-state index is 12.6. The number of halogens is 1. The van der Waals surface area contributed by atoms with E-state index in [-0.39, 0.29) is 11.9 Å². The van der Waals surface area contributed by atoms with Gasteiger partial charge in [-0.25, -0.2) is 4.98 Å². The van der Waals surface area contributed by atoms with Gasteiger partial charge < -0.3 is 14.6 Å². The minimum absolute atomic E-state index is 0.156. The Morgan fingerprint density at radius 2 is 1.77 bits per heavy atom. The van der Waals surface area contributed by atoms with Crippen LogP contribution in [0.3, 0.4) is 0 Å². The number of fused-ring (bicyclic) bond motifs is 1. The van der Waals surface area contributed by atoms with E-state index in [4.69, 9.17) is 21.3 Å². The normalized spacial score (nSPS) is 12.2. The van der Waals surface area contributed by atoms with Gasteiger partial charge in [0.15, 0.2) is 0 Å². The lowest BCUT2D eigenvalue weighted by molar-refractivity contribution is -0.117. The molecule has 3 aromatic carbocycles. The molecule has 180 valence electrons. The first-order valence-electron chi connectivity index (χ1n) is 11.8. The molecule has 0 radical (unpaired) electrons. The summed E-state index contributed by atoms with van der Waals surface area (Å²) in [5, 5.41) is 3.83. The number of carbonyl (C=O) groups excluding carboxylic acids is 1. The van der Waals surface area contributed by atoms with E-state index in [1.165, 1.54) is 0 Å². The number of ether oxygens (including phenoxy) is 1. The Hall–Kier alpha value is -3.57. The van der Waals surface area contributed by atoms with Gasteiger partial charge in [0, 0.05) is 17.6 Å². The van der Waals surface area contributed by atoms with Crippen LogP contribution in [0.5, 0.6) is 5.75 Å². The van der Waals surface area contributed by atoms with Crippen molar-refractivity contribution >= 4 is 34.6 Å². The van der Waals surface area contributed by atoms with Gasteiger partial charge in [-0.05, 0) is 74.2 Å². The summed E-state index contributed by atoms with van der Waals surface area (Å²) < 4.78 is 8.17. The summed E-state index contributed by atoms with van der Waals surface area (Å²) >= 11 is 6.27. The maximum Gasteiger partial charge on any atom is 0.244 e. The molecule has 1 unspecified atom stereocenters. The number of amides is 1. The van der Waals surface area contributed by atoms with E-state index in [2.05, 4.69) is 16.0 Å². The molecule has 0 spiro atoms. The molecule has 5 nitrogen and oxygen atoms in total. The first-order chi connectivity index (χ1) is 16.9. The van der Waals surface area contributed by atoms with E-state index in [1.54, 1.807) is 6.08 Å². The number of hydrogen-bond donors (Lipinski definition) is 1. The first kappa shape index (κ1) is 24.6. The zero-order chi connectivity index (χ0) is 24.8. The van der Waals surface area contributed by atoms with Crippen LogP contribution >= 0.6 is 11.6 Å². The van der Waals surface area contributed by atoms with Crippen LogP contribution < -0.4 is 10.1 Å². The summed E-state index contributed by atoms with van der Waals surface area (Å²) in [4.78, 5) is 17.4. The minimum atomic E-state index is -0.252. The van der Waals surface area contributed by atoms with Gasteiger partial charge in [-0.1, -0.05) is 54.1 Å². The van der Waals surface area contributed by atoms with Gasteiger partial charge in [-0.3, -0.25) is 4.79 Å². The van der Waals surface area contributed by atoms with Crippen LogP contribution in [0.25, 0.3) is 17.1 Å². The fourth-order valence-electron chi connectivity index (χ4n) is 4.12. The molecule has 1 amide bonds. The monoisotopic (exact) mass is 487 g/mol. The molecule has 0 fully saturated rings. The number of imidazole rings is 1. The molecule has 6 heteroatoms. The Morgan fingerprint density at radius 1 is 1.09 bits per heavy atom. The van der Waals surface area contributed by atoms with Crippen molar-refractivity contribution in [1.82, 2.24) is 14.9 Å². The highest BCUT2D eigenvalue weighted by Gasteiger charge is 2.17. The van der Waals surface area contributed by atoms with Crippen molar-refractivity contribution in [2.24, 2.45) is 0 Å². The highest BCUT2D eigenvalue weighted by Crippen LogP contribution is 2.26. The van der Waals surface area contributed by atoms with Crippen LogP contribution in [0.4, 0.5) is 0 Å². The predicted octanol–water partition coefficient (Wildman–Crippen LogP) is 6.67. The van der Waals surface area contributed by atoms with Gasteiger partial charge in [0.1, 0.15) is 11.6 Å². The molecule has 35 heavy (non-hydrogen) atoms. The summed E-state index contributed by atoms with van der Waals surface area (Å²) in [6.45, 7) is 7.21. The third kappa shape index (κ3) is 6.11. The molecule has 1 heterocycles. The molecule has 1 aromatic heterocycles. The van der Waals surface area contributed by atoms with Crippen LogP contribution in [-0.4, -0.2) is 22.1 Å². The third-order valence-corrected chi connectivity index (χ3v) is 6.46. The van der Waals surface area contributed by atoms with Gasteiger partial charge >= 0.3 is 0 Å². The van der Waals surface area contributed by atoms with Crippen molar-refractivity contribution < 1.29 is 9.53 Å². The smallest absolute Gasteiger partial charge is 0.244 e. The number of aromatic nitrogens is 2. The number of nitrogens with one attached hydrogen (secondary N) is 1. The molecule has 4 aromatic rings. The van der Waals surface area contributed by atoms with Crippen molar-refractivity contribution in [1.29, 1.82) is 0 Å². The molecule has 0 saturated carbocycles. The second-order valence-electron chi connectivity index (χ2n) is 8.66. The Labute approximate surface area is 211 Å². The number of para-hydroxylation sites is 2. The topological polar surface area (TPSA) is 56.1 Å². The Kier molecular flexibility index (Phi) is 7.88. The Bertz CT molecular complexity index is 1320. The van der Waals surface area contributed by atoms with E-state index >= 15 is 0 Å². The van der Waals surface area contributed by atoms with E-state index in [0.717, 1.165) is 57.3 Å². The van der Waals surface area contributed by atoms with E-state index < -0.39 is 0 Å². The molecule has 0 aliphatic heterocycles. The molecule has 0 saturated heterocycles. The van der Waals surface area contributed by atoms with Crippen LogP contribution in [0.2, 0.25) is 5.02 Å². The average molecular weight is 488 g/mol. The lowest BCUT2D eigenvalue weighted by Crippen LogP contribution is -2.27. The summed E-state index contributed by atoms with van der Waals surface area (Å²) in [5.74, 6) is 1.49. The third-order valence-electron chi connectivity index (χ3n) is 5.86. The van der Waals surface area contributed by atoms with Crippen LogP contribution in [0, 0.1) is 13.8 Å². The number of aryl methyl sites for hydroxylation is 3. The van der Waals surface area contributed by atoms with Crippen molar-refractivity contribution in [3.63, 3.8) is 0 Å². The first-order valence-corrected chi connectivity index (χ1v) is 12.2. The second-order valence-corrected chi connectivity index (χ2v) is 9.04. The van der Waals surface area contributed by atoms with Crippen molar-refractivity contribution in [3.05, 3.63) is 100 Å². The summed E-state index contributed by atoms with van der Waals surface area (Å²) in [6, 6.07) is 21.5. The van der Waals surface area contributed by atoms with Gasteiger partial charge in [-0.15, -0.1) is 0 Å². The number of nitrogens with zero attached hydrogens (tertiary/aromatic N) is 2. The fourth-order valence-corrected chi connectivity index (χ4v) is 4.23. The SMILES string of the molecule is Cc1cc(OCCCn2c(C(C)NC(=O)/C=C\c3ccccc3)nc3ccccc32)cc(C)c1Cl. The number of hydrogen-bond acceptors (Lipinski definition) is 3. The summed E-state index contributed by atoms with van der Waals surface area (Å²) in [6.07, 6.45) is 4.16. The number of carbonyl (C=O) groups is 1. The van der Waals surface area contributed by atoms with Gasteiger partial charge in [0.05, 0.1) is 23.7 Å². The van der Waals surface area contributed by atoms with Gasteiger partial charge in [0.2, 0.25) is 5.91 Å². The Morgan fingerprint density at radius 3 is 2.51 bits per heavy atom. The van der Waals surface area contributed by atoms with E-state index in [1.807, 2.05) is 87.5 Å². The lowest BCUT2D eigenvalue weighted by Gasteiger charge is -2.16. The molecular weight excluding hydrogens is 458 g/mol. The molecule has 1 atom stereocenters. The van der Waals surface area contributed by atoms with Crippen molar-refractivity contribution in [2.75, 3.05) is 6.61 Å². The highest BCUT2D eigenvalue weighted by molar-refractivity contribution is 6.32. The zero-order valence-electron chi connectivity index (χ0n) is 20.3. The molecule has 0 aliphatic carbocycles. The summed E-state index contributed by atoms with van der Waals surface area (Å²) in [5.41, 5.74) is 4.95. The lowest BCUT2D eigenvalue weighted by atomic mass is 10.1. The molecule has 1 N–H and O–H groups in total. The number of rotatable bonds is 9. The van der Waals surface area contributed by atoms with Crippen molar-refractivity contribution in [3.8, 4) is 5.75 Å². The maximum atomic E-state index is 12.6. The number of benzene rings is 3. The van der Waals surface area contributed by atoms with Crippen LogP contribution in [-0.2, 0) is 11.3 Å². The average Bonchev–Trinajstić information content (AvgIpc) is 3.23. The molecule has 4 rings (SSSR count).